The van der Waals surface area contributed by atoms with Gasteiger partial charge in [0.15, 0.2) is 6.61 Å². The Bertz CT molecular complexity index is 703. The number of hydrogen-bond acceptors (Lipinski definition) is 4. The zero-order valence-electron chi connectivity index (χ0n) is 17.0. The summed E-state index contributed by atoms with van der Waals surface area (Å²) >= 11 is 5.84. The topological polar surface area (TPSA) is 75.7 Å². The fourth-order valence-corrected chi connectivity index (χ4v) is 2.64. The second-order valence-electron chi connectivity index (χ2n) is 6.82. The number of nitrogens with one attached hydrogen (secondary N) is 1. The van der Waals surface area contributed by atoms with E-state index in [2.05, 4.69) is 11.9 Å². The lowest BCUT2D eigenvalue weighted by Gasteiger charge is -2.24. The van der Waals surface area contributed by atoms with E-state index in [0.717, 1.165) is 5.57 Å². The first-order valence-electron chi connectivity index (χ1n) is 9.34. The Morgan fingerprint density at radius 1 is 1.21 bits per heavy atom. The maximum atomic E-state index is 12.6. The number of nitrogens with zero attached hydrogens (tertiary/aromatic N) is 1. The molecule has 0 bridgehead atoms. The van der Waals surface area contributed by atoms with Crippen molar-refractivity contribution in [3.8, 4) is 0 Å². The predicted octanol–water partition coefficient (Wildman–Crippen LogP) is 3.45. The van der Waals surface area contributed by atoms with Crippen LogP contribution >= 0.6 is 11.6 Å². The van der Waals surface area contributed by atoms with Gasteiger partial charge in [-0.3, -0.25) is 9.59 Å². The second kappa shape index (κ2) is 11.5. The highest BCUT2D eigenvalue weighted by Gasteiger charge is 2.28. The highest BCUT2D eigenvalue weighted by molar-refractivity contribution is 6.30. The average molecular weight is 409 g/mol. The lowest BCUT2D eigenvalue weighted by atomic mass is 9.99. The molecule has 2 amide bonds. The summed E-state index contributed by atoms with van der Waals surface area (Å²) in [5.41, 5.74) is 1.23. The van der Waals surface area contributed by atoms with E-state index < -0.39 is 17.9 Å². The van der Waals surface area contributed by atoms with Gasteiger partial charge in [-0.25, -0.2) is 4.79 Å². The Kier molecular flexibility index (Phi) is 9.73. The number of likely N-dealkylation sites (N-methyl/N-ethyl adjacent to an activating group) is 1. The third kappa shape index (κ3) is 7.35. The number of amides is 2. The molecule has 0 saturated heterocycles. The van der Waals surface area contributed by atoms with Crippen LogP contribution in [0, 0.1) is 5.92 Å². The zero-order chi connectivity index (χ0) is 21.3. The molecule has 7 heteroatoms. The number of carbonyl (C=O) groups excluding carboxylic acids is 3. The van der Waals surface area contributed by atoms with E-state index in [-0.39, 0.29) is 18.4 Å². The first kappa shape index (κ1) is 23.7. The fourth-order valence-electron chi connectivity index (χ4n) is 2.51. The van der Waals surface area contributed by atoms with Gasteiger partial charge in [-0.05, 0) is 44.0 Å². The predicted molar refractivity (Wildman–Crippen MR) is 110 cm³/mol. The summed E-state index contributed by atoms with van der Waals surface area (Å²) in [7, 11) is 0. The molecule has 1 N–H and O–H groups in total. The molecule has 6 nitrogen and oxygen atoms in total. The van der Waals surface area contributed by atoms with Crippen LogP contribution in [-0.2, 0) is 14.3 Å². The number of carbonyl (C=O) groups is 3. The minimum Gasteiger partial charge on any atom is -0.454 e. The molecule has 28 heavy (non-hydrogen) atoms. The van der Waals surface area contributed by atoms with Crippen LogP contribution in [-0.4, -0.2) is 48.4 Å². The van der Waals surface area contributed by atoms with Crippen LogP contribution in [0.1, 0.15) is 44.5 Å². The van der Waals surface area contributed by atoms with Crippen molar-refractivity contribution in [2.24, 2.45) is 5.92 Å². The van der Waals surface area contributed by atoms with Crippen LogP contribution < -0.4 is 5.32 Å². The molecule has 0 aliphatic heterocycles. The Hall–Kier alpha value is -2.34. The van der Waals surface area contributed by atoms with Crippen molar-refractivity contribution in [2.75, 3.05) is 19.7 Å². The number of esters is 1. The lowest BCUT2D eigenvalue weighted by Crippen LogP contribution is -2.47. The zero-order valence-corrected chi connectivity index (χ0v) is 17.7. The first-order chi connectivity index (χ1) is 13.2. The summed E-state index contributed by atoms with van der Waals surface area (Å²) in [6.45, 7) is 11.8. The van der Waals surface area contributed by atoms with Gasteiger partial charge in [0.2, 0.25) is 0 Å². The maximum Gasteiger partial charge on any atom is 0.329 e. The highest BCUT2D eigenvalue weighted by Crippen LogP contribution is 2.13. The maximum absolute atomic E-state index is 12.6. The Balaban J connectivity index is 2.77. The summed E-state index contributed by atoms with van der Waals surface area (Å²) in [5.74, 6) is -1.48. The van der Waals surface area contributed by atoms with E-state index in [4.69, 9.17) is 16.3 Å². The van der Waals surface area contributed by atoms with Crippen LogP contribution in [0.5, 0.6) is 0 Å². The van der Waals surface area contributed by atoms with Gasteiger partial charge in [-0.1, -0.05) is 44.0 Å². The van der Waals surface area contributed by atoms with E-state index in [9.17, 15) is 14.4 Å². The van der Waals surface area contributed by atoms with E-state index in [1.807, 2.05) is 27.7 Å². The lowest BCUT2D eigenvalue weighted by molar-refractivity contribution is -0.154. The molecule has 2 unspecified atom stereocenters. The van der Waals surface area contributed by atoms with Crippen molar-refractivity contribution in [1.82, 2.24) is 10.2 Å². The van der Waals surface area contributed by atoms with Gasteiger partial charge in [0.25, 0.3) is 11.8 Å². The molecule has 0 radical (unpaired) electrons. The van der Waals surface area contributed by atoms with Crippen molar-refractivity contribution in [1.29, 1.82) is 0 Å². The Morgan fingerprint density at radius 2 is 1.82 bits per heavy atom. The number of halogens is 1. The molecule has 0 aliphatic carbocycles. The SMILES string of the molecule is C=C(C)CN(CC)C(=O)COC(=O)C(NC(=O)c1ccc(Cl)cc1)C(C)CC. The molecule has 1 aromatic carbocycles. The molecule has 1 rings (SSSR count). The number of rotatable bonds is 10. The van der Waals surface area contributed by atoms with Crippen molar-refractivity contribution in [3.63, 3.8) is 0 Å². The van der Waals surface area contributed by atoms with E-state index in [1.165, 1.54) is 0 Å². The third-order valence-electron chi connectivity index (χ3n) is 4.39. The molecule has 2 atom stereocenters. The smallest absolute Gasteiger partial charge is 0.329 e. The fraction of sp³-hybridized carbons (Fsp3) is 0.476. The van der Waals surface area contributed by atoms with Crippen molar-refractivity contribution in [3.05, 3.63) is 47.0 Å². The van der Waals surface area contributed by atoms with Crippen LogP contribution in [0.25, 0.3) is 0 Å². The summed E-state index contributed by atoms with van der Waals surface area (Å²) in [6, 6.07) is 5.52. The first-order valence-corrected chi connectivity index (χ1v) is 9.72. The van der Waals surface area contributed by atoms with Gasteiger partial charge in [0.05, 0.1) is 0 Å². The van der Waals surface area contributed by atoms with Gasteiger partial charge >= 0.3 is 5.97 Å². The summed E-state index contributed by atoms with van der Waals surface area (Å²) < 4.78 is 5.21. The molecule has 0 spiro atoms. The summed E-state index contributed by atoms with van der Waals surface area (Å²) in [5, 5.41) is 3.22. The van der Waals surface area contributed by atoms with Crippen LogP contribution in [0.2, 0.25) is 5.02 Å². The van der Waals surface area contributed by atoms with Gasteiger partial charge in [-0.2, -0.15) is 0 Å². The molecular weight excluding hydrogens is 380 g/mol. The Morgan fingerprint density at radius 3 is 2.32 bits per heavy atom. The Labute approximate surface area is 171 Å². The number of hydrogen-bond donors (Lipinski definition) is 1. The quantitative estimate of drug-likeness (QED) is 0.475. The highest BCUT2D eigenvalue weighted by atomic mass is 35.5. The van der Waals surface area contributed by atoms with Gasteiger partial charge in [0.1, 0.15) is 6.04 Å². The molecular formula is C21H29ClN2O4. The molecule has 0 aliphatic rings. The molecule has 0 fully saturated rings. The molecule has 0 heterocycles. The molecule has 0 saturated carbocycles. The van der Waals surface area contributed by atoms with Crippen molar-refractivity contribution < 1.29 is 19.1 Å². The normalized spacial score (nSPS) is 12.6. The third-order valence-corrected chi connectivity index (χ3v) is 4.65. The van der Waals surface area contributed by atoms with Crippen molar-refractivity contribution in [2.45, 2.75) is 40.2 Å². The van der Waals surface area contributed by atoms with Gasteiger partial charge < -0.3 is 15.0 Å². The van der Waals surface area contributed by atoms with Crippen LogP contribution in [0.4, 0.5) is 0 Å². The standard InChI is InChI=1S/C21H29ClN2O4/c1-6-15(5)19(23-20(26)16-8-10-17(22)11-9-16)21(27)28-13-18(25)24(7-2)12-14(3)4/h8-11,15,19H,3,6-7,12-13H2,1-2,4-5H3,(H,23,26). The minimum atomic E-state index is -0.850. The summed E-state index contributed by atoms with van der Waals surface area (Å²) in [6.07, 6.45) is 0.658. The average Bonchev–Trinajstić information content (AvgIpc) is 2.67. The van der Waals surface area contributed by atoms with Crippen molar-refractivity contribution >= 4 is 29.4 Å². The number of benzene rings is 1. The monoisotopic (exact) mass is 408 g/mol. The summed E-state index contributed by atoms with van der Waals surface area (Å²) in [4.78, 5) is 38.8. The van der Waals surface area contributed by atoms with Crippen LogP contribution in [0.15, 0.2) is 36.4 Å². The second-order valence-corrected chi connectivity index (χ2v) is 7.25. The van der Waals surface area contributed by atoms with Gasteiger partial charge in [0, 0.05) is 23.7 Å². The van der Waals surface area contributed by atoms with Crippen LogP contribution in [0.3, 0.4) is 0 Å². The van der Waals surface area contributed by atoms with E-state index in [0.29, 0.717) is 30.1 Å². The molecule has 0 aromatic heterocycles. The van der Waals surface area contributed by atoms with E-state index in [1.54, 1.807) is 29.2 Å². The van der Waals surface area contributed by atoms with Gasteiger partial charge in [-0.15, -0.1) is 0 Å². The molecule has 154 valence electrons. The number of ether oxygens (including phenoxy) is 1. The molecule has 1 aromatic rings. The largest absolute Gasteiger partial charge is 0.454 e. The van der Waals surface area contributed by atoms with E-state index >= 15 is 0 Å². The minimum absolute atomic E-state index is 0.156.